The second kappa shape index (κ2) is 8.19. The van der Waals surface area contributed by atoms with Crippen LogP contribution in [0.3, 0.4) is 0 Å². The van der Waals surface area contributed by atoms with Crippen molar-refractivity contribution in [3.63, 3.8) is 0 Å². The number of nitriles is 1. The quantitative estimate of drug-likeness (QED) is 0.517. The third kappa shape index (κ3) is 4.08. The van der Waals surface area contributed by atoms with Crippen LogP contribution < -0.4 is 10.6 Å². The monoisotopic (exact) mass is 365 g/mol. The number of aromatic nitrogens is 2. The molecule has 0 radical (unpaired) electrons. The lowest BCUT2D eigenvalue weighted by atomic mass is 10.1. The minimum Gasteiger partial charge on any atom is -0.365 e. The lowest BCUT2D eigenvalue weighted by Gasteiger charge is -2.12. The number of nitrogens with one attached hydrogen (secondary N) is 2. The van der Waals surface area contributed by atoms with E-state index in [-0.39, 0.29) is 0 Å². The van der Waals surface area contributed by atoms with Crippen molar-refractivity contribution < 1.29 is 0 Å². The maximum atomic E-state index is 9.22. The van der Waals surface area contributed by atoms with Crippen LogP contribution >= 0.6 is 0 Å². The molecule has 0 saturated heterocycles. The predicted octanol–water partition coefficient (Wildman–Crippen LogP) is 4.73. The number of nitrogens with zero attached hydrogens (tertiary/aromatic N) is 3. The molecule has 28 heavy (non-hydrogen) atoms. The Hall–Kier alpha value is -3.91. The molecule has 0 fully saturated rings. The van der Waals surface area contributed by atoms with E-state index in [1.54, 1.807) is 12.1 Å². The summed E-state index contributed by atoms with van der Waals surface area (Å²) in [6, 6.07) is 27.9. The minimum atomic E-state index is 0.530. The molecule has 1 aromatic heterocycles. The smallest absolute Gasteiger partial charge is 0.225 e. The van der Waals surface area contributed by atoms with Gasteiger partial charge in [0.25, 0.3) is 0 Å². The first-order valence-electron chi connectivity index (χ1n) is 9.09. The van der Waals surface area contributed by atoms with Gasteiger partial charge in [0.2, 0.25) is 5.95 Å². The Labute approximate surface area is 163 Å². The first kappa shape index (κ1) is 17.5. The van der Waals surface area contributed by atoms with Crippen molar-refractivity contribution in [1.82, 2.24) is 9.97 Å². The van der Waals surface area contributed by atoms with Gasteiger partial charge in [-0.3, -0.25) is 0 Å². The zero-order valence-corrected chi connectivity index (χ0v) is 15.3. The Morgan fingerprint density at radius 2 is 1.39 bits per heavy atom. The normalized spacial score (nSPS) is 10.4. The van der Waals surface area contributed by atoms with Crippen LogP contribution in [0.15, 0.2) is 78.9 Å². The van der Waals surface area contributed by atoms with Crippen LogP contribution in [0, 0.1) is 11.3 Å². The van der Waals surface area contributed by atoms with E-state index in [9.17, 15) is 5.26 Å². The minimum absolute atomic E-state index is 0.530. The summed E-state index contributed by atoms with van der Waals surface area (Å²) in [6.45, 7) is 1.29. The molecule has 1 heterocycles. The molecule has 0 amide bonds. The van der Waals surface area contributed by atoms with Crippen molar-refractivity contribution >= 4 is 22.7 Å². The van der Waals surface area contributed by atoms with E-state index in [0.717, 1.165) is 22.3 Å². The maximum Gasteiger partial charge on any atom is 0.225 e. The molecule has 0 bridgehead atoms. The average molecular weight is 365 g/mol. The molecule has 4 aromatic rings. The molecule has 5 nitrogen and oxygen atoms in total. The summed E-state index contributed by atoms with van der Waals surface area (Å²) in [6.07, 6.45) is 0. The average Bonchev–Trinajstić information content (AvgIpc) is 2.77. The highest BCUT2D eigenvalue weighted by molar-refractivity contribution is 5.90. The highest BCUT2D eigenvalue weighted by atomic mass is 15.1. The standard InChI is InChI=1S/C23H19N5/c24-14-19-11-12-20-21(13-19)27-23(26-16-18-9-5-2-6-10-18)28-22(20)25-15-17-7-3-1-4-8-17/h1-13H,15-16H2,(H2,25,26,27,28). The van der Waals surface area contributed by atoms with Crippen molar-refractivity contribution in [3.05, 3.63) is 95.6 Å². The Morgan fingerprint density at radius 1 is 0.750 bits per heavy atom. The van der Waals surface area contributed by atoms with Gasteiger partial charge in [0, 0.05) is 18.5 Å². The molecule has 3 aromatic carbocycles. The lowest BCUT2D eigenvalue weighted by Crippen LogP contribution is -2.08. The maximum absolute atomic E-state index is 9.22. The van der Waals surface area contributed by atoms with Crippen LogP contribution in [0.4, 0.5) is 11.8 Å². The Kier molecular flexibility index (Phi) is 5.12. The third-order valence-electron chi connectivity index (χ3n) is 4.42. The molecule has 0 unspecified atom stereocenters. The van der Waals surface area contributed by atoms with Gasteiger partial charge < -0.3 is 10.6 Å². The zero-order chi connectivity index (χ0) is 19.2. The summed E-state index contributed by atoms with van der Waals surface area (Å²) in [7, 11) is 0. The van der Waals surface area contributed by atoms with E-state index < -0.39 is 0 Å². The van der Waals surface area contributed by atoms with Crippen LogP contribution in [0.5, 0.6) is 0 Å². The van der Waals surface area contributed by atoms with Crippen molar-refractivity contribution in [2.24, 2.45) is 0 Å². The van der Waals surface area contributed by atoms with Crippen molar-refractivity contribution in [3.8, 4) is 6.07 Å². The van der Waals surface area contributed by atoms with Crippen LogP contribution in [-0.4, -0.2) is 9.97 Å². The van der Waals surface area contributed by atoms with Crippen LogP contribution in [0.1, 0.15) is 16.7 Å². The van der Waals surface area contributed by atoms with Gasteiger partial charge in [-0.05, 0) is 29.3 Å². The molecule has 5 heteroatoms. The van der Waals surface area contributed by atoms with E-state index in [2.05, 4.69) is 50.9 Å². The molecular formula is C23H19N5. The summed E-state index contributed by atoms with van der Waals surface area (Å²) in [5.41, 5.74) is 3.63. The fourth-order valence-electron chi connectivity index (χ4n) is 2.97. The molecule has 0 aliphatic carbocycles. The fourth-order valence-corrected chi connectivity index (χ4v) is 2.97. The highest BCUT2D eigenvalue weighted by Gasteiger charge is 2.09. The van der Waals surface area contributed by atoms with Gasteiger partial charge in [0.15, 0.2) is 0 Å². The van der Waals surface area contributed by atoms with Crippen molar-refractivity contribution in [1.29, 1.82) is 5.26 Å². The van der Waals surface area contributed by atoms with Crippen LogP contribution in [0.2, 0.25) is 0 Å². The molecule has 2 N–H and O–H groups in total. The molecule has 4 rings (SSSR count). The largest absolute Gasteiger partial charge is 0.365 e. The number of benzene rings is 3. The second-order valence-corrected chi connectivity index (χ2v) is 6.42. The predicted molar refractivity (Wildman–Crippen MR) is 112 cm³/mol. The van der Waals surface area contributed by atoms with Gasteiger partial charge in [-0.2, -0.15) is 10.2 Å². The number of fused-ring (bicyclic) bond motifs is 1. The first-order valence-corrected chi connectivity index (χ1v) is 9.09. The molecular weight excluding hydrogens is 346 g/mol. The highest BCUT2D eigenvalue weighted by Crippen LogP contribution is 2.24. The van der Waals surface area contributed by atoms with Crippen LogP contribution in [-0.2, 0) is 13.1 Å². The lowest BCUT2D eigenvalue weighted by molar-refractivity contribution is 1.05. The summed E-state index contributed by atoms with van der Waals surface area (Å²) in [4.78, 5) is 9.27. The number of hydrogen-bond acceptors (Lipinski definition) is 5. The molecule has 0 aliphatic heterocycles. The van der Waals surface area contributed by atoms with E-state index in [1.165, 1.54) is 5.56 Å². The van der Waals surface area contributed by atoms with E-state index in [0.29, 0.717) is 24.6 Å². The van der Waals surface area contributed by atoms with Gasteiger partial charge >= 0.3 is 0 Å². The molecule has 0 spiro atoms. The van der Waals surface area contributed by atoms with Crippen molar-refractivity contribution in [2.45, 2.75) is 13.1 Å². The summed E-state index contributed by atoms with van der Waals surface area (Å²) in [5, 5.41) is 16.8. The van der Waals surface area contributed by atoms with Gasteiger partial charge in [-0.25, -0.2) is 4.98 Å². The summed E-state index contributed by atoms with van der Waals surface area (Å²) in [5.74, 6) is 1.27. The second-order valence-electron chi connectivity index (χ2n) is 6.42. The number of hydrogen-bond donors (Lipinski definition) is 2. The summed E-state index contributed by atoms with van der Waals surface area (Å²) < 4.78 is 0. The van der Waals surface area contributed by atoms with Gasteiger partial charge in [0.05, 0.1) is 17.1 Å². The molecule has 0 aliphatic rings. The number of anilines is 2. The SMILES string of the molecule is N#Cc1ccc2c(NCc3ccccc3)nc(NCc3ccccc3)nc2c1. The topological polar surface area (TPSA) is 73.6 Å². The van der Waals surface area contributed by atoms with E-state index >= 15 is 0 Å². The zero-order valence-electron chi connectivity index (χ0n) is 15.3. The van der Waals surface area contributed by atoms with Gasteiger partial charge in [0.1, 0.15) is 5.82 Å². The number of rotatable bonds is 6. The fraction of sp³-hybridized carbons (Fsp3) is 0.0870. The van der Waals surface area contributed by atoms with Gasteiger partial charge in [-0.15, -0.1) is 0 Å². The molecule has 0 atom stereocenters. The van der Waals surface area contributed by atoms with Gasteiger partial charge in [-0.1, -0.05) is 60.7 Å². The Bertz CT molecular complexity index is 1120. The Morgan fingerprint density at radius 3 is 2.04 bits per heavy atom. The van der Waals surface area contributed by atoms with Crippen molar-refractivity contribution in [2.75, 3.05) is 10.6 Å². The Balaban J connectivity index is 1.64. The molecule has 0 saturated carbocycles. The first-order chi connectivity index (χ1) is 13.8. The molecule has 136 valence electrons. The third-order valence-corrected chi connectivity index (χ3v) is 4.42. The summed E-state index contributed by atoms with van der Waals surface area (Å²) >= 11 is 0. The van der Waals surface area contributed by atoms with Crippen LogP contribution in [0.25, 0.3) is 10.9 Å². The van der Waals surface area contributed by atoms with E-state index in [1.807, 2.05) is 42.5 Å². The van der Waals surface area contributed by atoms with E-state index in [4.69, 9.17) is 0 Å².